The van der Waals surface area contributed by atoms with Gasteiger partial charge < -0.3 is 5.32 Å². The van der Waals surface area contributed by atoms with Crippen molar-refractivity contribution in [3.8, 4) is 12.3 Å². The normalized spacial score (nSPS) is 17.3. The summed E-state index contributed by atoms with van der Waals surface area (Å²) in [6.45, 7) is 5.45. The average molecular weight is 200 g/mol. The molecule has 1 aromatic rings. The molecule has 1 aliphatic rings. The molecule has 0 atom stereocenters. The van der Waals surface area contributed by atoms with E-state index < -0.39 is 0 Å². The number of nitrogens with zero attached hydrogens (tertiary/aromatic N) is 1. The van der Waals surface area contributed by atoms with Gasteiger partial charge in [0.15, 0.2) is 0 Å². The molecule has 1 fully saturated rings. The SMILES string of the molecule is C#Cc1cccc(CN2CCNCC2)c1. The summed E-state index contributed by atoms with van der Waals surface area (Å²) in [4.78, 5) is 2.45. The smallest absolute Gasteiger partial charge is 0.0245 e. The molecule has 2 heteroatoms. The molecule has 1 aromatic carbocycles. The van der Waals surface area contributed by atoms with Gasteiger partial charge in [-0.25, -0.2) is 0 Å². The average Bonchev–Trinajstić information content (AvgIpc) is 2.31. The van der Waals surface area contributed by atoms with Crippen molar-refractivity contribution in [1.82, 2.24) is 10.2 Å². The Hall–Kier alpha value is -1.30. The van der Waals surface area contributed by atoms with Crippen molar-refractivity contribution in [3.63, 3.8) is 0 Å². The maximum atomic E-state index is 5.38. The fourth-order valence-corrected chi connectivity index (χ4v) is 1.89. The highest BCUT2D eigenvalue weighted by molar-refractivity contribution is 5.35. The highest BCUT2D eigenvalue weighted by Gasteiger charge is 2.09. The Morgan fingerprint density at radius 3 is 2.87 bits per heavy atom. The van der Waals surface area contributed by atoms with Crippen molar-refractivity contribution < 1.29 is 0 Å². The zero-order chi connectivity index (χ0) is 10.5. The van der Waals surface area contributed by atoms with E-state index >= 15 is 0 Å². The van der Waals surface area contributed by atoms with Crippen LogP contribution in [0.15, 0.2) is 24.3 Å². The molecule has 0 aliphatic carbocycles. The van der Waals surface area contributed by atoms with Crippen molar-refractivity contribution in [2.45, 2.75) is 6.54 Å². The van der Waals surface area contributed by atoms with Crippen LogP contribution in [0, 0.1) is 12.3 Å². The molecule has 15 heavy (non-hydrogen) atoms. The second-order valence-electron chi connectivity index (χ2n) is 3.87. The minimum absolute atomic E-state index is 0.975. The summed E-state index contributed by atoms with van der Waals surface area (Å²) < 4.78 is 0. The topological polar surface area (TPSA) is 15.3 Å². The lowest BCUT2D eigenvalue weighted by Gasteiger charge is -2.27. The van der Waals surface area contributed by atoms with Crippen LogP contribution in [0.25, 0.3) is 0 Å². The van der Waals surface area contributed by atoms with Crippen LogP contribution in [0.2, 0.25) is 0 Å². The van der Waals surface area contributed by atoms with Gasteiger partial charge in [-0.2, -0.15) is 0 Å². The Labute approximate surface area is 91.3 Å². The molecule has 0 bridgehead atoms. The number of hydrogen-bond acceptors (Lipinski definition) is 2. The minimum atomic E-state index is 0.975. The number of nitrogens with one attached hydrogen (secondary N) is 1. The van der Waals surface area contributed by atoms with Crippen LogP contribution in [0.5, 0.6) is 0 Å². The predicted molar refractivity (Wildman–Crippen MR) is 62.5 cm³/mol. The number of terminal acetylenes is 1. The fourth-order valence-electron chi connectivity index (χ4n) is 1.89. The largest absolute Gasteiger partial charge is 0.314 e. The van der Waals surface area contributed by atoms with E-state index in [1.807, 2.05) is 12.1 Å². The molecule has 0 unspecified atom stereocenters. The van der Waals surface area contributed by atoms with Crippen LogP contribution in [0.4, 0.5) is 0 Å². The summed E-state index contributed by atoms with van der Waals surface area (Å²) in [5.74, 6) is 2.67. The first-order chi connectivity index (χ1) is 7.38. The van der Waals surface area contributed by atoms with Gasteiger partial charge in [0.1, 0.15) is 0 Å². The van der Waals surface area contributed by atoms with Crippen LogP contribution in [-0.4, -0.2) is 31.1 Å². The lowest BCUT2D eigenvalue weighted by Crippen LogP contribution is -2.42. The second kappa shape index (κ2) is 4.97. The van der Waals surface area contributed by atoms with E-state index in [9.17, 15) is 0 Å². The van der Waals surface area contributed by atoms with Crippen LogP contribution in [0.1, 0.15) is 11.1 Å². The van der Waals surface area contributed by atoms with Crippen molar-refractivity contribution in [1.29, 1.82) is 0 Å². The number of piperazine rings is 1. The van der Waals surface area contributed by atoms with Gasteiger partial charge in [-0.3, -0.25) is 4.90 Å². The summed E-state index contributed by atoms with van der Waals surface area (Å²) in [7, 11) is 0. The fraction of sp³-hybridized carbons (Fsp3) is 0.385. The monoisotopic (exact) mass is 200 g/mol. The highest BCUT2D eigenvalue weighted by atomic mass is 15.2. The molecule has 1 N–H and O–H groups in total. The van der Waals surface area contributed by atoms with E-state index in [4.69, 9.17) is 6.42 Å². The zero-order valence-corrected chi connectivity index (χ0v) is 8.87. The Bertz CT molecular complexity index is 359. The van der Waals surface area contributed by atoms with Gasteiger partial charge in [0.2, 0.25) is 0 Å². The van der Waals surface area contributed by atoms with Gasteiger partial charge in [0.25, 0.3) is 0 Å². The molecular weight excluding hydrogens is 184 g/mol. The summed E-state index contributed by atoms with van der Waals surface area (Å²) in [5, 5.41) is 3.35. The molecule has 0 spiro atoms. The van der Waals surface area contributed by atoms with Gasteiger partial charge in [0.05, 0.1) is 0 Å². The Balaban J connectivity index is 2.00. The lowest BCUT2D eigenvalue weighted by atomic mass is 10.1. The number of rotatable bonds is 2. The zero-order valence-electron chi connectivity index (χ0n) is 8.87. The summed E-state index contributed by atoms with van der Waals surface area (Å²) >= 11 is 0. The third kappa shape index (κ3) is 2.82. The van der Waals surface area contributed by atoms with Gasteiger partial charge in [-0.15, -0.1) is 6.42 Å². The van der Waals surface area contributed by atoms with E-state index in [2.05, 4.69) is 28.3 Å². The van der Waals surface area contributed by atoms with E-state index in [1.165, 1.54) is 5.56 Å². The van der Waals surface area contributed by atoms with Gasteiger partial charge in [-0.05, 0) is 17.7 Å². The molecule has 2 nitrogen and oxygen atoms in total. The number of benzene rings is 1. The molecule has 0 amide bonds. The van der Waals surface area contributed by atoms with Gasteiger partial charge >= 0.3 is 0 Å². The minimum Gasteiger partial charge on any atom is -0.314 e. The van der Waals surface area contributed by atoms with Crippen molar-refractivity contribution in [3.05, 3.63) is 35.4 Å². The van der Waals surface area contributed by atoms with Crippen LogP contribution in [0.3, 0.4) is 0 Å². The predicted octanol–water partition coefficient (Wildman–Crippen LogP) is 1.07. The van der Waals surface area contributed by atoms with Gasteiger partial charge in [-0.1, -0.05) is 18.1 Å². The van der Waals surface area contributed by atoms with E-state index in [0.717, 1.165) is 38.3 Å². The molecule has 2 rings (SSSR count). The van der Waals surface area contributed by atoms with E-state index in [1.54, 1.807) is 0 Å². The maximum absolute atomic E-state index is 5.38. The Kier molecular flexibility index (Phi) is 3.39. The lowest BCUT2D eigenvalue weighted by molar-refractivity contribution is 0.233. The Morgan fingerprint density at radius 2 is 2.13 bits per heavy atom. The molecular formula is C13H16N2. The first kappa shape index (κ1) is 10.2. The first-order valence-electron chi connectivity index (χ1n) is 5.37. The molecule has 78 valence electrons. The molecule has 0 saturated carbocycles. The highest BCUT2D eigenvalue weighted by Crippen LogP contribution is 2.08. The third-order valence-electron chi connectivity index (χ3n) is 2.71. The standard InChI is InChI=1S/C13H16N2/c1-2-12-4-3-5-13(10-12)11-15-8-6-14-7-9-15/h1,3-5,10,14H,6-9,11H2. The van der Waals surface area contributed by atoms with E-state index in [-0.39, 0.29) is 0 Å². The van der Waals surface area contributed by atoms with Crippen LogP contribution in [-0.2, 0) is 6.54 Å². The summed E-state index contributed by atoms with van der Waals surface area (Å²) in [6.07, 6.45) is 5.38. The van der Waals surface area contributed by atoms with Crippen molar-refractivity contribution in [2.24, 2.45) is 0 Å². The van der Waals surface area contributed by atoms with E-state index in [0.29, 0.717) is 0 Å². The van der Waals surface area contributed by atoms with Crippen molar-refractivity contribution in [2.75, 3.05) is 26.2 Å². The molecule has 0 radical (unpaired) electrons. The van der Waals surface area contributed by atoms with Crippen LogP contribution < -0.4 is 5.32 Å². The third-order valence-corrected chi connectivity index (χ3v) is 2.71. The quantitative estimate of drug-likeness (QED) is 0.718. The molecule has 1 heterocycles. The summed E-state index contributed by atoms with van der Waals surface area (Å²) in [5.41, 5.74) is 2.29. The maximum Gasteiger partial charge on any atom is 0.0245 e. The second-order valence-corrected chi connectivity index (χ2v) is 3.87. The number of hydrogen-bond donors (Lipinski definition) is 1. The molecule has 1 aliphatic heterocycles. The molecule has 1 saturated heterocycles. The van der Waals surface area contributed by atoms with Crippen LogP contribution >= 0.6 is 0 Å². The molecule has 0 aromatic heterocycles. The summed E-state index contributed by atoms with van der Waals surface area (Å²) in [6, 6.07) is 8.25. The first-order valence-corrected chi connectivity index (χ1v) is 5.37. The van der Waals surface area contributed by atoms with Gasteiger partial charge in [0, 0.05) is 38.3 Å². The Morgan fingerprint density at radius 1 is 1.33 bits per heavy atom. The van der Waals surface area contributed by atoms with Crippen molar-refractivity contribution >= 4 is 0 Å².